The molecule has 8 heteroatoms. The van der Waals surface area contributed by atoms with Crippen molar-refractivity contribution in [3.05, 3.63) is 81.8 Å². The van der Waals surface area contributed by atoms with Gasteiger partial charge in [0.05, 0.1) is 15.3 Å². The van der Waals surface area contributed by atoms with Crippen molar-refractivity contribution in [3.8, 4) is 11.5 Å². The summed E-state index contributed by atoms with van der Waals surface area (Å²) < 4.78 is 49.3. The number of aromatic nitrogens is 1. The van der Waals surface area contributed by atoms with Crippen molar-refractivity contribution in [2.24, 2.45) is 0 Å². The van der Waals surface area contributed by atoms with Gasteiger partial charge in [0.2, 0.25) is 0 Å². The lowest BCUT2D eigenvalue weighted by Crippen LogP contribution is -2.12. The van der Waals surface area contributed by atoms with E-state index in [2.05, 4.69) is 22.6 Å². The minimum Gasteiger partial charge on any atom is -0.453 e. The first kappa shape index (κ1) is 21.2. The van der Waals surface area contributed by atoms with Crippen molar-refractivity contribution in [2.45, 2.75) is 16.7 Å². The molecule has 0 atom stereocenters. The fourth-order valence-corrected chi connectivity index (χ4v) is 5.73. The van der Waals surface area contributed by atoms with E-state index in [1.807, 2.05) is 25.3 Å². The Morgan fingerprint density at radius 1 is 1.07 bits per heavy atom. The monoisotopic (exact) mass is 553 g/mol. The Hall–Kier alpha value is -2.04. The third-order valence-corrected chi connectivity index (χ3v) is 7.81. The predicted molar refractivity (Wildman–Crippen MR) is 127 cm³/mol. The average Bonchev–Trinajstić information content (AvgIpc) is 3.13. The van der Waals surface area contributed by atoms with Crippen molar-refractivity contribution >= 4 is 55.3 Å². The Kier molecular flexibility index (Phi) is 5.82. The van der Waals surface area contributed by atoms with Gasteiger partial charge in [0.25, 0.3) is 10.0 Å². The first-order valence-electron chi connectivity index (χ1n) is 8.94. The molecule has 4 aromatic rings. The molecule has 0 fully saturated rings. The second-order valence-electron chi connectivity index (χ2n) is 6.64. The van der Waals surface area contributed by atoms with Gasteiger partial charge in [-0.2, -0.15) is 0 Å². The third-order valence-electron chi connectivity index (χ3n) is 4.62. The number of benzene rings is 3. The van der Waals surface area contributed by atoms with Gasteiger partial charge >= 0.3 is 0 Å². The van der Waals surface area contributed by atoms with Crippen LogP contribution in [-0.2, 0) is 10.0 Å². The highest BCUT2D eigenvalue weighted by Gasteiger charge is 2.23. The first-order chi connectivity index (χ1) is 14.3. The van der Waals surface area contributed by atoms with Crippen molar-refractivity contribution < 1.29 is 17.5 Å². The number of thioether (sulfide) groups is 1. The van der Waals surface area contributed by atoms with Crippen LogP contribution < -0.4 is 4.74 Å². The van der Waals surface area contributed by atoms with Gasteiger partial charge in [-0.3, -0.25) is 0 Å². The molecular formula is C22H17FINO3S2. The fraction of sp³-hybridized carbons (Fsp3) is 0.0909. The van der Waals surface area contributed by atoms with Crippen molar-refractivity contribution in [3.63, 3.8) is 0 Å². The maximum absolute atomic E-state index is 15.1. The van der Waals surface area contributed by atoms with E-state index < -0.39 is 15.8 Å². The summed E-state index contributed by atoms with van der Waals surface area (Å²) in [7, 11) is -3.86. The molecule has 0 spiro atoms. The summed E-state index contributed by atoms with van der Waals surface area (Å²) in [6.45, 7) is 1.89. The minimum absolute atomic E-state index is 0.0856. The molecule has 0 amide bonds. The van der Waals surface area contributed by atoms with Gasteiger partial charge in [-0.1, -0.05) is 23.8 Å². The van der Waals surface area contributed by atoms with Gasteiger partial charge < -0.3 is 4.74 Å². The van der Waals surface area contributed by atoms with Gasteiger partial charge in [0, 0.05) is 21.2 Å². The Labute approximate surface area is 192 Å². The summed E-state index contributed by atoms with van der Waals surface area (Å²) in [5, 5.41) is 0.611. The zero-order chi connectivity index (χ0) is 21.5. The van der Waals surface area contributed by atoms with Crippen molar-refractivity contribution in [1.82, 2.24) is 3.97 Å². The largest absolute Gasteiger partial charge is 0.453 e. The maximum atomic E-state index is 15.1. The second kappa shape index (κ2) is 8.24. The molecule has 4 nitrogen and oxygen atoms in total. The summed E-state index contributed by atoms with van der Waals surface area (Å²) in [6.07, 6.45) is 3.26. The number of halogens is 2. The topological polar surface area (TPSA) is 48.3 Å². The lowest BCUT2D eigenvalue weighted by molar-refractivity contribution is 0.432. The van der Waals surface area contributed by atoms with Gasteiger partial charge in [0.15, 0.2) is 11.6 Å². The van der Waals surface area contributed by atoms with E-state index in [0.29, 0.717) is 16.0 Å². The van der Waals surface area contributed by atoms with Gasteiger partial charge in [-0.25, -0.2) is 16.8 Å². The predicted octanol–water partition coefficient (Wildman–Crippen LogP) is 6.44. The van der Waals surface area contributed by atoms with Crippen LogP contribution in [-0.4, -0.2) is 18.6 Å². The van der Waals surface area contributed by atoms with E-state index in [-0.39, 0.29) is 16.2 Å². The Bertz CT molecular complexity index is 1350. The van der Waals surface area contributed by atoms with Crippen LogP contribution >= 0.6 is 34.4 Å². The van der Waals surface area contributed by atoms with E-state index in [0.717, 1.165) is 13.1 Å². The molecule has 154 valence electrons. The van der Waals surface area contributed by atoms with Crippen LogP contribution in [0.4, 0.5) is 4.39 Å². The van der Waals surface area contributed by atoms with E-state index in [1.54, 1.807) is 42.5 Å². The molecule has 0 unspecified atom stereocenters. The zero-order valence-corrected chi connectivity index (χ0v) is 19.9. The molecule has 0 aliphatic rings. The van der Waals surface area contributed by atoms with Crippen molar-refractivity contribution in [1.29, 1.82) is 0 Å². The summed E-state index contributed by atoms with van der Waals surface area (Å²) >= 11 is 3.47. The summed E-state index contributed by atoms with van der Waals surface area (Å²) in [6, 6.07) is 16.8. The van der Waals surface area contributed by atoms with Crippen molar-refractivity contribution in [2.75, 3.05) is 6.26 Å². The van der Waals surface area contributed by atoms with E-state index in [4.69, 9.17) is 4.74 Å². The summed E-state index contributed by atoms with van der Waals surface area (Å²) in [5.74, 6) is -0.0191. The number of ether oxygens (including phenoxy) is 1. The quantitative estimate of drug-likeness (QED) is 0.211. The fourth-order valence-electron chi connectivity index (χ4n) is 3.16. The summed E-state index contributed by atoms with van der Waals surface area (Å²) in [4.78, 5) is 0.692. The lowest BCUT2D eigenvalue weighted by Gasteiger charge is -2.14. The molecule has 0 aliphatic carbocycles. The number of rotatable bonds is 5. The normalized spacial score (nSPS) is 11.7. The Balaban J connectivity index is 1.86. The Morgan fingerprint density at radius 3 is 2.47 bits per heavy atom. The van der Waals surface area contributed by atoms with Crippen LogP contribution in [0.25, 0.3) is 10.9 Å². The number of hydrogen-bond acceptors (Lipinski definition) is 4. The van der Waals surface area contributed by atoms with Gasteiger partial charge in [-0.15, -0.1) is 11.8 Å². The smallest absolute Gasteiger partial charge is 0.268 e. The van der Waals surface area contributed by atoms with E-state index >= 15 is 4.39 Å². The van der Waals surface area contributed by atoms with Crippen LogP contribution in [0.2, 0.25) is 0 Å². The van der Waals surface area contributed by atoms with Gasteiger partial charge in [-0.05, 0) is 72.2 Å². The Morgan fingerprint density at radius 2 is 1.80 bits per heavy atom. The van der Waals surface area contributed by atoms with Crippen LogP contribution in [0.3, 0.4) is 0 Å². The highest BCUT2D eigenvalue weighted by Crippen LogP contribution is 2.41. The maximum Gasteiger partial charge on any atom is 0.268 e. The number of nitrogens with zero attached hydrogens (tertiary/aromatic N) is 1. The molecule has 0 saturated carbocycles. The van der Waals surface area contributed by atoms with Crippen LogP contribution in [0.1, 0.15) is 5.56 Å². The van der Waals surface area contributed by atoms with Gasteiger partial charge in [0.1, 0.15) is 5.75 Å². The lowest BCUT2D eigenvalue weighted by atomic mass is 10.2. The van der Waals surface area contributed by atoms with Crippen LogP contribution in [0.5, 0.6) is 11.5 Å². The molecule has 1 aromatic heterocycles. The third kappa shape index (κ3) is 3.83. The molecular weight excluding hydrogens is 536 g/mol. The zero-order valence-electron chi connectivity index (χ0n) is 16.1. The number of aryl methyl sites for hydroxylation is 1. The SMILES string of the molecule is CSc1c(Oc2cccc(I)c2)c(F)cc2c1ccn2S(=O)(=O)c1ccc(C)cc1. The molecule has 4 rings (SSSR count). The van der Waals surface area contributed by atoms with E-state index in [9.17, 15) is 8.42 Å². The van der Waals surface area contributed by atoms with Crippen LogP contribution in [0, 0.1) is 16.3 Å². The molecule has 0 aliphatic heterocycles. The highest BCUT2D eigenvalue weighted by atomic mass is 127. The number of fused-ring (bicyclic) bond motifs is 1. The molecule has 1 heterocycles. The first-order valence-corrected chi connectivity index (χ1v) is 12.7. The molecule has 0 N–H and O–H groups in total. The minimum atomic E-state index is -3.86. The van der Waals surface area contributed by atoms with Crippen LogP contribution in [0.15, 0.2) is 76.7 Å². The molecule has 0 saturated heterocycles. The average molecular weight is 553 g/mol. The van der Waals surface area contributed by atoms with E-state index in [1.165, 1.54) is 24.0 Å². The standard InChI is InChI=1S/C22H17FINO3S2/c1-14-6-8-17(9-7-14)30(26,27)25-11-10-18-20(25)13-19(23)21(22(18)29-2)28-16-5-3-4-15(24)12-16/h3-13H,1-2H3. The number of hydrogen-bond donors (Lipinski definition) is 0. The highest BCUT2D eigenvalue weighted by molar-refractivity contribution is 14.1. The molecule has 30 heavy (non-hydrogen) atoms. The molecule has 0 bridgehead atoms. The summed E-state index contributed by atoms with van der Waals surface area (Å²) in [5.41, 5.74) is 1.23. The molecule has 0 radical (unpaired) electrons. The molecule has 3 aromatic carbocycles. The second-order valence-corrected chi connectivity index (χ2v) is 10.5.